The van der Waals surface area contributed by atoms with E-state index in [-0.39, 0.29) is 17.4 Å². The molecule has 1 fully saturated rings. The number of rotatable bonds is 3. The summed E-state index contributed by atoms with van der Waals surface area (Å²) in [6.07, 6.45) is 5.32. The lowest BCUT2D eigenvalue weighted by Gasteiger charge is -2.25. The van der Waals surface area contributed by atoms with E-state index in [0.29, 0.717) is 6.54 Å². The molecule has 1 amide bonds. The van der Waals surface area contributed by atoms with E-state index >= 15 is 0 Å². The summed E-state index contributed by atoms with van der Waals surface area (Å²) in [5.41, 5.74) is 6.80. The van der Waals surface area contributed by atoms with Crippen LogP contribution in [0.2, 0.25) is 0 Å². The lowest BCUT2D eigenvalue weighted by molar-refractivity contribution is -0.126. The van der Waals surface area contributed by atoms with Gasteiger partial charge in [-0.05, 0) is 49.1 Å². The normalized spacial score (nSPS) is 25.1. The summed E-state index contributed by atoms with van der Waals surface area (Å²) in [4.78, 5) is 13.6. The molecule has 1 aromatic rings. The fourth-order valence-electron chi connectivity index (χ4n) is 2.62. The highest BCUT2D eigenvalue weighted by molar-refractivity contribution is 7.10. The molecule has 17 heavy (non-hydrogen) atoms. The third-order valence-electron chi connectivity index (χ3n) is 4.08. The number of amides is 1. The minimum Gasteiger partial charge on any atom is -0.349 e. The molecule has 0 saturated heterocycles. The molecular formula is C13H18N2OS. The zero-order chi connectivity index (χ0) is 11.9. The molecule has 1 unspecified atom stereocenters. The maximum atomic E-state index is 12.2. The fraction of sp³-hybridized carbons (Fsp3) is 0.615. The van der Waals surface area contributed by atoms with Crippen LogP contribution in [0.15, 0.2) is 11.4 Å². The topological polar surface area (TPSA) is 55.1 Å². The summed E-state index contributed by atoms with van der Waals surface area (Å²) in [6.45, 7) is 0.488. The van der Waals surface area contributed by atoms with Crippen LogP contribution in [0.5, 0.6) is 0 Å². The number of nitrogens with two attached hydrogens (primary N) is 1. The van der Waals surface area contributed by atoms with E-state index in [1.165, 1.54) is 23.3 Å². The highest BCUT2D eigenvalue weighted by Gasteiger charge is 2.49. The number of thiophene rings is 1. The zero-order valence-corrected chi connectivity index (χ0v) is 10.7. The first kappa shape index (κ1) is 11.2. The first-order chi connectivity index (χ1) is 8.25. The van der Waals surface area contributed by atoms with Crippen LogP contribution in [0.4, 0.5) is 0 Å². The maximum absolute atomic E-state index is 12.2. The molecule has 0 spiro atoms. The Bertz CT molecular complexity index is 436. The van der Waals surface area contributed by atoms with Crippen LogP contribution in [-0.2, 0) is 11.2 Å². The predicted molar refractivity (Wildman–Crippen MR) is 68.9 cm³/mol. The van der Waals surface area contributed by atoms with E-state index in [4.69, 9.17) is 5.73 Å². The van der Waals surface area contributed by atoms with Crippen molar-refractivity contribution in [2.45, 2.75) is 38.1 Å². The van der Waals surface area contributed by atoms with Gasteiger partial charge in [0.1, 0.15) is 0 Å². The lowest BCUT2D eigenvalue weighted by Crippen LogP contribution is -2.39. The average molecular weight is 250 g/mol. The van der Waals surface area contributed by atoms with Gasteiger partial charge in [-0.25, -0.2) is 0 Å². The summed E-state index contributed by atoms with van der Waals surface area (Å²) in [6, 6.07) is 2.38. The maximum Gasteiger partial charge on any atom is 0.227 e. The molecule has 2 aliphatic carbocycles. The molecule has 1 heterocycles. The lowest BCUT2D eigenvalue weighted by atomic mass is 9.93. The number of carbonyl (C=O) groups excluding carboxylic acids is 1. The van der Waals surface area contributed by atoms with Crippen molar-refractivity contribution in [3.05, 3.63) is 21.9 Å². The first-order valence-electron chi connectivity index (χ1n) is 6.32. The quantitative estimate of drug-likeness (QED) is 0.862. The molecule has 0 aromatic carbocycles. The molecular weight excluding hydrogens is 232 g/mol. The minimum absolute atomic E-state index is 0.170. The fourth-order valence-corrected chi connectivity index (χ4v) is 3.61. The highest BCUT2D eigenvalue weighted by atomic mass is 32.1. The van der Waals surface area contributed by atoms with Gasteiger partial charge >= 0.3 is 0 Å². The summed E-state index contributed by atoms with van der Waals surface area (Å²) in [7, 11) is 0. The van der Waals surface area contributed by atoms with Crippen molar-refractivity contribution in [2.75, 3.05) is 6.54 Å². The van der Waals surface area contributed by atoms with Crippen LogP contribution < -0.4 is 11.1 Å². The van der Waals surface area contributed by atoms with Crippen molar-refractivity contribution >= 4 is 17.2 Å². The van der Waals surface area contributed by atoms with E-state index in [1.807, 2.05) is 11.3 Å². The van der Waals surface area contributed by atoms with Gasteiger partial charge in [0.15, 0.2) is 0 Å². The Balaban J connectivity index is 1.73. The molecule has 0 radical (unpaired) electrons. The van der Waals surface area contributed by atoms with Gasteiger partial charge in [0.25, 0.3) is 0 Å². The number of hydrogen-bond donors (Lipinski definition) is 2. The van der Waals surface area contributed by atoms with Crippen molar-refractivity contribution in [3.63, 3.8) is 0 Å². The van der Waals surface area contributed by atoms with E-state index in [9.17, 15) is 4.79 Å². The summed E-state index contributed by atoms with van der Waals surface area (Å²) < 4.78 is 0. The van der Waals surface area contributed by atoms with Gasteiger partial charge in [0.2, 0.25) is 5.91 Å². The largest absolute Gasteiger partial charge is 0.349 e. The molecule has 92 valence electrons. The van der Waals surface area contributed by atoms with Gasteiger partial charge < -0.3 is 11.1 Å². The number of aryl methyl sites for hydroxylation is 1. The van der Waals surface area contributed by atoms with Crippen LogP contribution in [0, 0.1) is 5.41 Å². The standard InChI is InChI=1S/C13H18N2OS/c14-8-13(5-6-13)12(16)15-10-2-1-3-11-9(10)4-7-17-11/h4,7,10H,1-3,5-6,8,14H2,(H,15,16). The van der Waals surface area contributed by atoms with Crippen molar-refractivity contribution in [1.29, 1.82) is 0 Å². The molecule has 1 aromatic heterocycles. The number of hydrogen-bond acceptors (Lipinski definition) is 3. The number of carbonyl (C=O) groups is 1. The molecule has 3 N–H and O–H groups in total. The Labute approximate surface area is 105 Å². The Kier molecular flexibility index (Phi) is 2.71. The predicted octanol–water partition coefficient (Wildman–Crippen LogP) is 1.98. The van der Waals surface area contributed by atoms with Gasteiger partial charge in [0, 0.05) is 11.4 Å². The Morgan fingerprint density at radius 3 is 3.12 bits per heavy atom. The van der Waals surface area contributed by atoms with Crippen LogP contribution in [0.25, 0.3) is 0 Å². The SMILES string of the molecule is NCC1(C(=O)NC2CCCc3sccc32)CC1. The smallest absolute Gasteiger partial charge is 0.227 e. The third-order valence-corrected chi connectivity index (χ3v) is 5.08. The van der Waals surface area contributed by atoms with Crippen molar-refractivity contribution in [2.24, 2.45) is 11.1 Å². The van der Waals surface area contributed by atoms with Crippen molar-refractivity contribution in [3.8, 4) is 0 Å². The molecule has 3 nitrogen and oxygen atoms in total. The summed E-state index contributed by atoms with van der Waals surface area (Å²) in [5.74, 6) is 0.170. The van der Waals surface area contributed by atoms with E-state index in [1.54, 1.807) is 0 Å². The van der Waals surface area contributed by atoms with Crippen LogP contribution >= 0.6 is 11.3 Å². The molecule has 1 atom stereocenters. The van der Waals surface area contributed by atoms with E-state index < -0.39 is 0 Å². The van der Waals surface area contributed by atoms with Crippen molar-refractivity contribution in [1.82, 2.24) is 5.32 Å². The molecule has 2 aliphatic rings. The van der Waals surface area contributed by atoms with Gasteiger partial charge in [-0.1, -0.05) is 0 Å². The van der Waals surface area contributed by atoms with Crippen LogP contribution in [0.3, 0.4) is 0 Å². The zero-order valence-electron chi connectivity index (χ0n) is 9.87. The van der Waals surface area contributed by atoms with E-state index in [0.717, 1.165) is 19.3 Å². The summed E-state index contributed by atoms with van der Waals surface area (Å²) in [5, 5.41) is 5.33. The van der Waals surface area contributed by atoms with Crippen LogP contribution in [-0.4, -0.2) is 12.5 Å². The van der Waals surface area contributed by atoms with Crippen LogP contribution in [0.1, 0.15) is 42.2 Å². The van der Waals surface area contributed by atoms with Crippen molar-refractivity contribution < 1.29 is 4.79 Å². The number of fused-ring (bicyclic) bond motifs is 1. The Hall–Kier alpha value is -0.870. The second kappa shape index (κ2) is 4.10. The van der Waals surface area contributed by atoms with Gasteiger partial charge in [-0.15, -0.1) is 11.3 Å². The number of nitrogens with one attached hydrogen (secondary N) is 1. The molecule has 3 rings (SSSR count). The van der Waals surface area contributed by atoms with Gasteiger partial charge in [0.05, 0.1) is 11.5 Å². The second-order valence-electron chi connectivity index (χ2n) is 5.20. The molecule has 1 saturated carbocycles. The average Bonchev–Trinajstić information content (AvgIpc) is 3.00. The van der Waals surface area contributed by atoms with E-state index in [2.05, 4.69) is 16.8 Å². The minimum atomic E-state index is -0.229. The highest BCUT2D eigenvalue weighted by Crippen LogP contribution is 2.45. The first-order valence-corrected chi connectivity index (χ1v) is 7.20. The Morgan fingerprint density at radius 2 is 2.41 bits per heavy atom. The summed E-state index contributed by atoms with van der Waals surface area (Å²) >= 11 is 1.81. The monoisotopic (exact) mass is 250 g/mol. The molecule has 4 heteroatoms. The molecule has 0 bridgehead atoms. The molecule has 0 aliphatic heterocycles. The third kappa shape index (κ3) is 1.89. The second-order valence-corrected chi connectivity index (χ2v) is 6.20. The Morgan fingerprint density at radius 1 is 1.59 bits per heavy atom. The van der Waals surface area contributed by atoms with Gasteiger partial charge in [-0.2, -0.15) is 0 Å². The van der Waals surface area contributed by atoms with Gasteiger partial charge in [-0.3, -0.25) is 4.79 Å².